The molecular formula is C8H19NO. The van der Waals surface area contributed by atoms with Crippen molar-refractivity contribution in [1.29, 1.82) is 0 Å². The van der Waals surface area contributed by atoms with Crippen LogP contribution in [0.3, 0.4) is 0 Å². The molecule has 62 valence electrons. The topological polar surface area (TPSA) is 29.1 Å². The molecule has 0 aromatic heterocycles. The smallest absolute Gasteiger partial charge is 0.149 e. The molecule has 0 bridgehead atoms. The van der Waals surface area contributed by atoms with Gasteiger partial charge in [-0.1, -0.05) is 20.8 Å². The lowest BCUT2D eigenvalue weighted by molar-refractivity contribution is -0.121. The van der Waals surface area contributed by atoms with E-state index in [-0.39, 0.29) is 7.47 Å². The largest absolute Gasteiger partial charge is 0.310 e. The van der Waals surface area contributed by atoms with Crippen LogP contribution in [-0.2, 0) is 4.79 Å². The highest BCUT2D eigenvalue weighted by Gasteiger charge is 2.17. The molecule has 0 aliphatic heterocycles. The number of carbonyl (C=O) groups is 1. The molecule has 0 spiro atoms. The predicted molar refractivity (Wildman–Crippen MR) is 45.1 cm³/mol. The van der Waals surface area contributed by atoms with E-state index < -0.39 is 0 Å². The highest BCUT2D eigenvalue weighted by atomic mass is 16.1. The van der Waals surface area contributed by atoms with E-state index in [0.29, 0.717) is 18.1 Å². The maximum absolute atomic E-state index is 11.1. The standard InChI is InChI=1S/C8H17NO.H2/c1-5-7(10)8(9-4)6(2)3;/h6,8-9H,5H2,1-4H3;1H. The number of hydrogen-bond donors (Lipinski definition) is 1. The Hall–Kier alpha value is -0.370. The van der Waals surface area contributed by atoms with Gasteiger partial charge in [0.2, 0.25) is 0 Å². The lowest BCUT2D eigenvalue weighted by Gasteiger charge is -2.17. The van der Waals surface area contributed by atoms with Crippen LogP contribution in [-0.4, -0.2) is 18.9 Å². The van der Waals surface area contributed by atoms with Crippen molar-refractivity contribution in [2.24, 2.45) is 5.92 Å². The molecule has 1 N–H and O–H groups in total. The van der Waals surface area contributed by atoms with Gasteiger partial charge in [0.1, 0.15) is 5.78 Å². The van der Waals surface area contributed by atoms with Crippen molar-refractivity contribution in [1.82, 2.24) is 5.32 Å². The van der Waals surface area contributed by atoms with Crippen molar-refractivity contribution < 1.29 is 6.22 Å². The van der Waals surface area contributed by atoms with E-state index in [1.807, 2.05) is 14.0 Å². The van der Waals surface area contributed by atoms with Crippen LogP contribution in [0.5, 0.6) is 0 Å². The molecule has 0 aromatic rings. The van der Waals surface area contributed by atoms with Crippen molar-refractivity contribution in [3.8, 4) is 0 Å². The molecule has 0 aliphatic rings. The van der Waals surface area contributed by atoms with E-state index in [9.17, 15) is 4.79 Å². The van der Waals surface area contributed by atoms with Gasteiger partial charge in [-0.25, -0.2) is 0 Å². The molecule has 0 saturated carbocycles. The van der Waals surface area contributed by atoms with Gasteiger partial charge in [0.05, 0.1) is 6.04 Å². The normalized spacial score (nSPS) is 13.7. The highest BCUT2D eigenvalue weighted by Crippen LogP contribution is 2.03. The summed E-state index contributed by atoms with van der Waals surface area (Å²) in [6.45, 7) is 6.00. The molecule has 2 heteroatoms. The third-order valence-electron chi connectivity index (χ3n) is 1.67. The Labute approximate surface area is 64.5 Å². The second-order valence-corrected chi connectivity index (χ2v) is 2.83. The summed E-state index contributed by atoms with van der Waals surface area (Å²) in [6, 6.07) is 0.0463. The first kappa shape index (κ1) is 9.63. The molecule has 0 heterocycles. The van der Waals surface area contributed by atoms with Gasteiger partial charge in [-0.15, -0.1) is 0 Å². The first-order valence-corrected chi connectivity index (χ1v) is 3.83. The molecule has 0 fully saturated rings. The Bertz CT molecular complexity index is 115. The van der Waals surface area contributed by atoms with Crippen LogP contribution in [0.4, 0.5) is 0 Å². The Morgan fingerprint density at radius 1 is 1.60 bits per heavy atom. The van der Waals surface area contributed by atoms with Gasteiger partial charge >= 0.3 is 0 Å². The molecule has 0 radical (unpaired) electrons. The van der Waals surface area contributed by atoms with Gasteiger partial charge in [-0.3, -0.25) is 4.79 Å². The fraction of sp³-hybridized carbons (Fsp3) is 0.875. The first-order chi connectivity index (χ1) is 4.63. The molecule has 2 nitrogen and oxygen atoms in total. The summed E-state index contributed by atoms with van der Waals surface area (Å²) in [6.07, 6.45) is 0.629. The highest BCUT2D eigenvalue weighted by molar-refractivity contribution is 5.83. The Balaban J connectivity index is 0. The first-order valence-electron chi connectivity index (χ1n) is 3.83. The summed E-state index contributed by atoms with van der Waals surface area (Å²) in [5.41, 5.74) is 0. The third kappa shape index (κ3) is 2.48. The number of Topliss-reactive ketones (excluding diaryl/α,β-unsaturated/α-hetero) is 1. The van der Waals surface area contributed by atoms with Gasteiger partial charge < -0.3 is 5.32 Å². The van der Waals surface area contributed by atoms with Crippen molar-refractivity contribution >= 4 is 5.78 Å². The molecule has 1 unspecified atom stereocenters. The monoisotopic (exact) mass is 145 g/mol. The summed E-state index contributed by atoms with van der Waals surface area (Å²) < 4.78 is 0. The second kappa shape index (κ2) is 4.45. The van der Waals surface area contributed by atoms with Gasteiger partial charge in [0.15, 0.2) is 0 Å². The van der Waals surface area contributed by atoms with E-state index in [0.717, 1.165) is 0 Å². The van der Waals surface area contributed by atoms with Crippen molar-refractivity contribution in [3.05, 3.63) is 0 Å². The summed E-state index contributed by atoms with van der Waals surface area (Å²) in [7, 11) is 1.83. The maximum atomic E-state index is 11.1. The number of ketones is 1. The molecular weight excluding hydrogens is 126 g/mol. The molecule has 1 atom stereocenters. The molecule has 0 amide bonds. The lowest BCUT2D eigenvalue weighted by atomic mass is 9.99. The summed E-state index contributed by atoms with van der Waals surface area (Å²) in [5.74, 6) is 0.704. The van der Waals surface area contributed by atoms with Crippen molar-refractivity contribution in [2.45, 2.75) is 33.2 Å². The van der Waals surface area contributed by atoms with E-state index in [1.165, 1.54) is 0 Å². The van der Waals surface area contributed by atoms with E-state index in [1.54, 1.807) is 0 Å². The number of hydrogen-bond acceptors (Lipinski definition) is 2. The SMILES string of the molecule is CCC(=O)C(NC)C(C)C.[HH]. The van der Waals surface area contributed by atoms with Crippen molar-refractivity contribution in [2.75, 3.05) is 7.05 Å². The van der Waals surface area contributed by atoms with Crippen molar-refractivity contribution in [3.63, 3.8) is 0 Å². The van der Waals surface area contributed by atoms with Crippen LogP contribution in [0.1, 0.15) is 28.6 Å². The maximum Gasteiger partial charge on any atom is 0.149 e. The van der Waals surface area contributed by atoms with Crippen LogP contribution in [0.2, 0.25) is 0 Å². The number of rotatable bonds is 4. The molecule has 0 aromatic carbocycles. The summed E-state index contributed by atoms with van der Waals surface area (Å²) in [5, 5.41) is 3.00. The van der Waals surface area contributed by atoms with E-state index in [2.05, 4.69) is 19.2 Å². The van der Waals surface area contributed by atoms with Crippen LogP contribution in [0.15, 0.2) is 0 Å². The summed E-state index contributed by atoms with van der Waals surface area (Å²) in [4.78, 5) is 11.1. The van der Waals surface area contributed by atoms with Gasteiger partial charge in [-0.2, -0.15) is 0 Å². The average molecular weight is 145 g/mol. The van der Waals surface area contributed by atoms with E-state index in [4.69, 9.17) is 0 Å². The number of carbonyl (C=O) groups excluding carboxylic acids is 1. The molecule has 0 aliphatic carbocycles. The zero-order valence-electron chi connectivity index (χ0n) is 7.27. The Morgan fingerprint density at radius 3 is 2.20 bits per heavy atom. The number of nitrogens with one attached hydrogen (secondary N) is 1. The lowest BCUT2D eigenvalue weighted by Crippen LogP contribution is -2.38. The fourth-order valence-electron chi connectivity index (χ4n) is 1.09. The minimum absolute atomic E-state index is 0. The third-order valence-corrected chi connectivity index (χ3v) is 1.67. The Morgan fingerprint density at radius 2 is 2.10 bits per heavy atom. The second-order valence-electron chi connectivity index (χ2n) is 2.83. The molecule has 0 saturated heterocycles. The zero-order chi connectivity index (χ0) is 8.15. The predicted octanol–water partition coefficient (Wildman–Crippen LogP) is 1.46. The van der Waals surface area contributed by atoms with Crippen LogP contribution in [0.25, 0.3) is 0 Å². The van der Waals surface area contributed by atoms with E-state index >= 15 is 0 Å². The van der Waals surface area contributed by atoms with Gasteiger partial charge in [-0.05, 0) is 13.0 Å². The van der Waals surface area contributed by atoms with Crippen LogP contribution >= 0.6 is 0 Å². The Kier molecular flexibility index (Phi) is 4.28. The quantitative estimate of drug-likeness (QED) is 0.649. The minimum atomic E-state index is 0. The molecule has 0 rings (SSSR count). The summed E-state index contributed by atoms with van der Waals surface area (Å²) >= 11 is 0. The van der Waals surface area contributed by atoms with Crippen LogP contribution in [0, 0.1) is 5.92 Å². The van der Waals surface area contributed by atoms with Gasteiger partial charge in [0.25, 0.3) is 0 Å². The minimum Gasteiger partial charge on any atom is -0.310 e. The van der Waals surface area contributed by atoms with Crippen LogP contribution < -0.4 is 5.32 Å². The van der Waals surface area contributed by atoms with Gasteiger partial charge in [0, 0.05) is 7.85 Å². The zero-order valence-corrected chi connectivity index (χ0v) is 7.27. The number of likely N-dealkylation sites (N-methyl/N-ethyl adjacent to an activating group) is 1. The molecule has 10 heavy (non-hydrogen) atoms. The average Bonchev–Trinajstić information content (AvgIpc) is 1.88. The fourth-order valence-corrected chi connectivity index (χ4v) is 1.09.